The second kappa shape index (κ2) is 8.61. The van der Waals surface area contributed by atoms with Gasteiger partial charge < -0.3 is 5.32 Å². The average molecular weight is 460 g/mol. The molecule has 166 valence electrons. The van der Waals surface area contributed by atoms with E-state index < -0.39 is 10.0 Å². The highest BCUT2D eigenvalue weighted by atomic mass is 32.2. The summed E-state index contributed by atoms with van der Waals surface area (Å²) in [5.41, 5.74) is 3.11. The zero-order chi connectivity index (χ0) is 22.8. The molecule has 1 fully saturated rings. The molecule has 0 atom stereocenters. The summed E-state index contributed by atoms with van der Waals surface area (Å²) in [5, 5.41) is 2.77. The van der Waals surface area contributed by atoms with E-state index in [4.69, 9.17) is 0 Å². The smallest absolute Gasteiger partial charge is 0.248 e. The third kappa shape index (κ3) is 4.84. The number of imidazole rings is 1. The Bertz CT molecular complexity index is 1440. The van der Waals surface area contributed by atoms with Crippen LogP contribution in [-0.2, 0) is 14.8 Å². The Labute approximate surface area is 191 Å². The number of hydrogen-bond acceptors (Lipinski definition) is 5. The number of sulfonamides is 1. The maximum atomic E-state index is 12.3. The number of para-hydroxylation sites is 2. The molecule has 5 rings (SSSR count). The van der Waals surface area contributed by atoms with E-state index in [1.54, 1.807) is 36.8 Å². The molecule has 4 aromatic rings. The van der Waals surface area contributed by atoms with Gasteiger partial charge in [0.25, 0.3) is 0 Å². The fourth-order valence-electron chi connectivity index (χ4n) is 3.35. The van der Waals surface area contributed by atoms with E-state index in [0.717, 1.165) is 29.4 Å². The number of carbonyl (C=O) groups is 1. The van der Waals surface area contributed by atoms with Gasteiger partial charge in [0.15, 0.2) is 0 Å². The van der Waals surface area contributed by atoms with Crippen molar-refractivity contribution in [3.63, 3.8) is 0 Å². The van der Waals surface area contributed by atoms with E-state index >= 15 is 0 Å². The molecule has 33 heavy (non-hydrogen) atoms. The molecule has 0 radical (unpaired) electrons. The van der Waals surface area contributed by atoms with Crippen LogP contribution in [0.1, 0.15) is 18.4 Å². The Kier molecular flexibility index (Phi) is 5.49. The third-order valence-electron chi connectivity index (χ3n) is 5.23. The summed E-state index contributed by atoms with van der Waals surface area (Å²) in [6, 6.07) is 17.8. The molecule has 9 heteroatoms. The molecular formula is C24H21N5O3S. The van der Waals surface area contributed by atoms with Gasteiger partial charge in [0.2, 0.25) is 15.9 Å². The van der Waals surface area contributed by atoms with Crippen molar-refractivity contribution in [1.82, 2.24) is 19.3 Å². The van der Waals surface area contributed by atoms with Crippen molar-refractivity contribution in [2.45, 2.75) is 23.8 Å². The summed E-state index contributed by atoms with van der Waals surface area (Å²) in [6.07, 6.45) is 8.08. The SMILES string of the molecule is O=C(/C=C/c1ccc(S(=O)(=O)NC2CC2)cc1)Nc1ccc(-n2cnc3ccccc32)nc1. The highest BCUT2D eigenvalue weighted by Gasteiger charge is 2.27. The van der Waals surface area contributed by atoms with Crippen LogP contribution in [0.4, 0.5) is 5.69 Å². The molecule has 0 unspecified atom stereocenters. The first-order chi connectivity index (χ1) is 16.0. The number of nitrogens with zero attached hydrogens (tertiary/aromatic N) is 3. The number of fused-ring (bicyclic) bond motifs is 1. The Morgan fingerprint density at radius 2 is 1.79 bits per heavy atom. The van der Waals surface area contributed by atoms with Gasteiger partial charge >= 0.3 is 0 Å². The van der Waals surface area contributed by atoms with Gasteiger partial charge in [-0.2, -0.15) is 0 Å². The van der Waals surface area contributed by atoms with Gasteiger partial charge in [0.1, 0.15) is 12.1 Å². The maximum Gasteiger partial charge on any atom is 0.248 e. The molecule has 1 aliphatic rings. The molecule has 2 heterocycles. The first kappa shape index (κ1) is 21.0. The van der Waals surface area contributed by atoms with Crippen molar-refractivity contribution in [2.75, 3.05) is 5.32 Å². The number of pyridine rings is 1. The minimum absolute atomic E-state index is 0.0566. The number of rotatable bonds is 7. The number of hydrogen-bond donors (Lipinski definition) is 2. The number of nitrogens with one attached hydrogen (secondary N) is 2. The predicted molar refractivity (Wildman–Crippen MR) is 126 cm³/mol. The molecule has 0 aliphatic heterocycles. The van der Waals surface area contributed by atoms with Crippen molar-refractivity contribution in [1.29, 1.82) is 0 Å². The summed E-state index contributed by atoms with van der Waals surface area (Å²) >= 11 is 0. The lowest BCUT2D eigenvalue weighted by atomic mass is 10.2. The zero-order valence-electron chi connectivity index (χ0n) is 17.5. The van der Waals surface area contributed by atoms with Crippen LogP contribution in [0.15, 0.2) is 84.2 Å². The lowest BCUT2D eigenvalue weighted by Crippen LogP contribution is -2.25. The molecule has 0 bridgehead atoms. The van der Waals surface area contributed by atoms with E-state index in [2.05, 4.69) is 20.0 Å². The summed E-state index contributed by atoms with van der Waals surface area (Å²) < 4.78 is 29.0. The normalized spacial score (nSPS) is 14.1. The summed E-state index contributed by atoms with van der Waals surface area (Å²) in [6.45, 7) is 0. The van der Waals surface area contributed by atoms with Crippen LogP contribution in [0, 0.1) is 0 Å². The van der Waals surface area contributed by atoms with Gasteiger partial charge in [-0.15, -0.1) is 0 Å². The Morgan fingerprint density at radius 3 is 2.52 bits per heavy atom. The van der Waals surface area contributed by atoms with Gasteiger partial charge in [0, 0.05) is 12.1 Å². The van der Waals surface area contributed by atoms with Crippen LogP contribution in [0.2, 0.25) is 0 Å². The number of benzene rings is 2. The molecule has 8 nitrogen and oxygen atoms in total. The van der Waals surface area contributed by atoms with Crippen molar-refractivity contribution < 1.29 is 13.2 Å². The van der Waals surface area contributed by atoms with Crippen molar-refractivity contribution in [2.24, 2.45) is 0 Å². The third-order valence-corrected chi connectivity index (χ3v) is 6.77. The maximum absolute atomic E-state index is 12.3. The minimum Gasteiger partial charge on any atom is -0.321 e. The van der Waals surface area contributed by atoms with E-state index in [0.29, 0.717) is 11.5 Å². The van der Waals surface area contributed by atoms with Crippen LogP contribution >= 0.6 is 0 Å². The molecule has 2 aromatic carbocycles. The van der Waals surface area contributed by atoms with Gasteiger partial charge in [-0.05, 0) is 60.9 Å². The summed E-state index contributed by atoms with van der Waals surface area (Å²) in [5.74, 6) is 0.383. The van der Waals surface area contributed by atoms with E-state index in [9.17, 15) is 13.2 Å². The predicted octanol–water partition coefficient (Wildman–Crippen LogP) is 3.51. The van der Waals surface area contributed by atoms with Crippen LogP contribution in [0.3, 0.4) is 0 Å². The molecule has 0 saturated heterocycles. The second-order valence-corrected chi connectivity index (χ2v) is 9.51. The number of amides is 1. The Hall–Kier alpha value is -3.82. The van der Waals surface area contributed by atoms with Crippen LogP contribution < -0.4 is 10.0 Å². The van der Waals surface area contributed by atoms with E-state index in [1.807, 2.05) is 34.9 Å². The van der Waals surface area contributed by atoms with Gasteiger partial charge in [0.05, 0.1) is 27.8 Å². The first-order valence-corrected chi connectivity index (χ1v) is 12.0. The van der Waals surface area contributed by atoms with Gasteiger partial charge in [-0.1, -0.05) is 24.3 Å². The Morgan fingerprint density at radius 1 is 1.00 bits per heavy atom. The van der Waals surface area contributed by atoms with Crippen molar-refractivity contribution in [3.8, 4) is 5.82 Å². The van der Waals surface area contributed by atoms with E-state index in [1.165, 1.54) is 18.2 Å². The average Bonchev–Trinajstić information content (AvgIpc) is 3.52. The Balaban J connectivity index is 1.22. The zero-order valence-corrected chi connectivity index (χ0v) is 18.4. The minimum atomic E-state index is -3.48. The van der Waals surface area contributed by atoms with Crippen molar-refractivity contribution in [3.05, 3.63) is 84.8 Å². The standard InChI is InChI=1S/C24H21N5O3S/c30-24(14-7-17-5-11-20(12-6-17)33(31,32)28-18-8-9-18)27-19-10-13-23(25-15-19)29-16-26-21-3-1-2-4-22(21)29/h1-7,10-16,18,28H,8-9H2,(H,27,30)/b14-7+. The highest BCUT2D eigenvalue weighted by molar-refractivity contribution is 7.89. The van der Waals surface area contributed by atoms with E-state index in [-0.39, 0.29) is 16.8 Å². The fourth-order valence-corrected chi connectivity index (χ4v) is 4.65. The molecule has 1 aliphatic carbocycles. The van der Waals surface area contributed by atoms with Crippen LogP contribution in [0.5, 0.6) is 0 Å². The van der Waals surface area contributed by atoms with Crippen molar-refractivity contribution >= 4 is 38.7 Å². The number of aromatic nitrogens is 3. The fraction of sp³-hybridized carbons (Fsp3) is 0.125. The lowest BCUT2D eigenvalue weighted by Gasteiger charge is -2.06. The largest absolute Gasteiger partial charge is 0.321 e. The monoisotopic (exact) mass is 459 g/mol. The number of carbonyl (C=O) groups excluding carboxylic acids is 1. The first-order valence-electron chi connectivity index (χ1n) is 10.5. The molecule has 2 aromatic heterocycles. The highest BCUT2D eigenvalue weighted by Crippen LogP contribution is 2.22. The summed E-state index contributed by atoms with van der Waals surface area (Å²) in [4.78, 5) is 21.3. The molecule has 1 saturated carbocycles. The quantitative estimate of drug-likeness (QED) is 0.412. The molecule has 0 spiro atoms. The topological polar surface area (TPSA) is 106 Å². The number of anilines is 1. The molecule has 1 amide bonds. The second-order valence-electron chi connectivity index (χ2n) is 7.80. The molecule has 2 N–H and O–H groups in total. The summed E-state index contributed by atoms with van der Waals surface area (Å²) in [7, 11) is -3.48. The van der Waals surface area contributed by atoms with Crippen LogP contribution in [0.25, 0.3) is 22.9 Å². The lowest BCUT2D eigenvalue weighted by molar-refractivity contribution is -0.111. The van der Waals surface area contributed by atoms with Crippen LogP contribution in [-0.4, -0.2) is 34.9 Å². The van der Waals surface area contributed by atoms with Gasteiger partial charge in [-0.25, -0.2) is 23.1 Å². The van der Waals surface area contributed by atoms with Gasteiger partial charge in [-0.3, -0.25) is 9.36 Å². The molecular weight excluding hydrogens is 438 g/mol.